The minimum absolute atomic E-state index is 0.00670. The molecule has 0 bridgehead atoms. The predicted molar refractivity (Wildman–Crippen MR) is 83.7 cm³/mol. The van der Waals surface area contributed by atoms with Crippen LogP contribution >= 0.6 is 12.2 Å². The lowest BCUT2D eigenvalue weighted by Gasteiger charge is -2.30. The molecule has 2 rings (SSSR count). The monoisotopic (exact) mass is 294 g/mol. The first kappa shape index (κ1) is 15.3. The lowest BCUT2D eigenvalue weighted by Crippen LogP contribution is -2.46. The lowest BCUT2D eigenvalue weighted by molar-refractivity contribution is 0.0365. The molecular formula is C14H22N4OS. The molecule has 1 fully saturated rings. The van der Waals surface area contributed by atoms with E-state index in [9.17, 15) is 0 Å². The van der Waals surface area contributed by atoms with Gasteiger partial charge in [-0.2, -0.15) is 0 Å². The highest BCUT2D eigenvalue weighted by molar-refractivity contribution is 7.80. The molecule has 0 saturated carbocycles. The Labute approximate surface area is 125 Å². The summed E-state index contributed by atoms with van der Waals surface area (Å²) in [5.41, 5.74) is 0.969. The summed E-state index contributed by atoms with van der Waals surface area (Å²) < 4.78 is 5.34. The van der Waals surface area contributed by atoms with Gasteiger partial charge in [0, 0.05) is 19.3 Å². The van der Waals surface area contributed by atoms with Crippen molar-refractivity contribution in [1.29, 1.82) is 0 Å². The van der Waals surface area contributed by atoms with Crippen LogP contribution in [0.5, 0.6) is 0 Å². The third kappa shape index (κ3) is 4.21. The van der Waals surface area contributed by atoms with E-state index in [4.69, 9.17) is 17.0 Å². The maximum absolute atomic E-state index is 5.55. The molecular weight excluding hydrogens is 272 g/mol. The highest BCUT2D eigenvalue weighted by atomic mass is 32.1. The smallest absolute Gasteiger partial charge is 0.103 e. The number of aromatic nitrogens is 1. The number of thiocarbonyl (C=S) groups is 1. The molecule has 1 aromatic heterocycles. The average molecular weight is 294 g/mol. The fourth-order valence-electron chi connectivity index (χ4n) is 2.22. The molecule has 0 amide bonds. The Balaban J connectivity index is 1.93. The van der Waals surface area contributed by atoms with Crippen LogP contribution in [0.15, 0.2) is 24.4 Å². The van der Waals surface area contributed by atoms with Crippen molar-refractivity contribution in [3.05, 3.63) is 30.1 Å². The minimum atomic E-state index is 0.00670. The maximum Gasteiger partial charge on any atom is 0.103 e. The molecule has 0 spiro atoms. The van der Waals surface area contributed by atoms with Gasteiger partial charge in [-0.15, -0.1) is 0 Å². The molecule has 110 valence electrons. The molecule has 2 heterocycles. The molecule has 5 nitrogen and oxygen atoms in total. The number of likely N-dealkylation sites (N-methyl/N-ethyl adjacent to an activating group) is 1. The van der Waals surface area contributed by atoms with E-state index >= 15 is 0 Å². The molecule has 1 aromatic rings. The molecule has 20 heavy (non-hydrogen) atoms. The molecule has 0 aliphatic carbocycles. The number of morpholine rings is 1. The fourth-order valence-corrected chi connectivity index (χ4v) is 2.61. The van der Waals surface area contributed by atoms with Crippen molar-refractivity contribution in [1.82, 2.24) is 20.1 Å². The summed E-state index contributed by atoms with van der Waals surface area (Å²) in [6.45, 7) is 4.26. The molecule has 6 heteroatoms. The second-order valence-corrected chi connectivity index (χ2v) is 5.49. The molecule has 1 unspecified atom stereocenters. The zero-order valence-electron chi connectivity index (χ0n) is 12.1. The van der Waals surface area contributed by atoms with Crippen LogP contribution in [0, 0.1) is 0 Å². The first-order valence-corrected chi connectivity index (χ1v) is 7.24. The van der Waals surface area contributed by atoms with Crippen LogP contribution in [0.4, 0.5) is 0 Å². The van der Waals surface area contributed by atoms with Gasteiger partial charge in [0.2, 0.25) is 0 Å². The van der Waals surface area contributed by atoms with Crippen LogP contribution in [-0.4, -0.2) is 66.8 Å². The topological polar surface area (TPSA) is 40.6 Å². The minimum Gasteiger partial charge on any atom is -0.379 e. The molecule has 1 aliphatic rings. The summed E-state index contributed by atoms with van der Waals surface area (Å²) >= 11 is 5.55. The van der Waals surface area contributed by atoms with Crippen molar-refractivity contribution < 1.29 is 4.74 Å². The van der Waals surface area contributed by atoms with E-state index < -0.39 is 0 Å². The molecule has 1 saturated heterocycles. The summed E-state index contributed by atoms with van der Waals surface area (Å²) in [4.78, 5) is 9.61. The molecule has 1 atom stereocenters. The van der Waals surface area contributed by atoms with E-state index in [1.807, 2.05) is 32.3 Å². The standard InChI is InChI=1S/C14H22N4OS/c1-17(2)13(12-5-3-4-6-15-12)14(20)16-11-18-7-9-19-10-8-18/h3-6,13H,7-11H2,1-2H3,(H,16,20). The second-order valence-electron chi connectivity index (χ2n) is 5.05. The Kier molecular flexibility index (Phi) is 5.85. The van der Waals surface area contributed by atoms with E-state index in [1.54, 1.807) is 6.20 Å². The average Bonchev–Trinajstić information content (AvgIpc) is 2.47. The fraction of sp³-hybridized carbons (Fsp3) is 0.571. The predicted octanol–water partition coefficient (Wildman–Crippen LogP) is 0.891. The number of hydrogen-bond acceptors (Lipinski definition) is 5. The van der Waals surface area contributed by atoms with Gasteiger partial charge in [0.1, 0.15) is 6.04 Å². The quantitative estimate of drug-likeness (QED) is 0.814. The van der Waals surface area contributed by atoms with Gasteiger partial charge in [-0.1, -0.05) is 18.3 Å². The van der Waals surface area contributed by atoms with Gasteiger partial charge in [-0.25, -0.2) is 0 Å². The Morgan fingerprint density at radius 1 is 1.45 bits per heavy atom. The van der Waals surface area contributed by atoms with E-state index in [1.165, 1.54) is 0 Å². The van der Waals surface area contributed by atoms with Gasteiger partial charge in [-0.05, 0) is 26.2 Å². The largest absolute Gasteiger partial charge is 0.379 e. The van der Waals surface area contributed by atoms with Crippen LogP contribution in [0.25, 0.3) is 0 Å². The first-order chi connectivity index (χ1) is 9.68. The van der Waals surface area contributed by atoms with Gasteiger partial charge in [0.15, 0.2) is 0 Å². The Morgan fingerprint density at radius 2 is 2.20 bits per heavy atom. The van der Waals surface area contributed by atoms with Crippen LogP contribution in [0.1, 0.15) is 11.7 Å². The normalized spacial score (nSPS) is 17.9. The van der Waals surface area contributed by atoms with Crippen LogP contribution in [0.3, 0.4) is 0 Å². The summed E-state index contributed by atoms with van der Waals surface area (Å²) in [5, 5.41) is 3.35. The highest BCUT2D eigenvalue weighted by Crippen LogP contribution is 2.16. The molecule has 0 aromatic carbocycles. The van der Waals surface area contributed by atoms with Gasteiger partial charge >= 0.3 is 0 Å². The van der Waals surface area contributed by atoms with Crippen molar-refractivity contribution >= 4 is 17.2 Å². The Hall–Kier alpha value is -1.08. The van der Waals surface area contributed by atoms with E-state index in [0.29, 0.717) is 0 Å². The van der Waals surface area contributed by atoms with E-state index in [0.717, 1.165) is 43.7 Å². The number of pyridine rings is 1. The Bertz CT molecular complexity index is 420. The van der Waals surface area contributed by atoms with Crippen LogP contribution in [-0.2, 0) is 4.74 Å². The third-order valence-corrected chi connectivity index (χ3v) is 3.68. The van der Waals surface area contributed by atoms with Crippen LogP contribution in [0.2, 0.25) is 0 Å². The van der Waals surface area contributed by atoms with Gasteiger partial charge < -0.3 is 10.1 Å². The zero-order valence-corrected chi connectivity index (χ0v) is 12.9. The number of nitrogens with zero attached hydrogens (tertiary/aromatic N) is 3. The van der Waals surface area contributed by atoms with Gasteiger partial charge in [0.05, 0.1) is 30.6 Å². The van der Waals surface area contributed by atoms with Gasteiger partial charge in [0.25, 0.3) is 0 Å². The summed E-state index contributed by atoms with van der Waals surface area (Å²) in [5.74, 6) is 0. The number of hydrogen-bond donors (Lipinski definition) is 1. The van der Waals surface area contributed by atoms with E-state index in [-0.39, 0.29) is 6.04 Å². The SMILES string of the molecule is CN(C)C(C(=S)NCN1CCOCC1)c1ccccn1. The van der Waals surface area contributed by atoms with Gasteiger partial charge in [-0.3, -0.25) is 14.8 Å². The second kappa shape index (κ2) is 7.64. The van der Waals surface area contributed by atoms with Crippen molar-refractivity contribution in [2.24, 2.45) is 0 Å². The highest BCUT2D eigenvalue weighted by Gasteiger charge is 2.21. The van der Waals surface area contributed by atoms with E-state index in [2.05, 4.69) is 20.1 Å². The number of ether oxygens (including phenoxy) is 1. The lowest BCUT2D eigenvalue weighted by atomic mass is 10.1. The number of rotatable bonds is 5. The molecule has 1 aliphatic heterocycles. The van der Waals surface area contributed by atoms with Crippen molar-refractivity contribution in [3.8, 4) is 0 Å². The summed E-state index contributed by atoms with van der Waals surface area (Å²) in [6.07, 6.45) is 1.80. The third-order valence-electron chi connectivity index (χ3n) is 3.31. The zero-order chi connectivity index (χ0) is 14.4. The summed E-state index contributed by atoms with van der Waals surface area (Å²) in [6, 6.07) is 5.92. The maximum atomic E-state index is 5.55. The van der Waals surface area contributed by atoms with Crippen molar-refractivity contribution in [3.63, 3.8) is 0 Å². The van der Waals surface area contributed by atoms with Crippen molar-refractivity contribution in [2.45, 2.75) is 6.04 Å². The van der Waals surface area contributed by atoms with Crippen molar-refractivity contribution in [2.75, 3.05) is 47.1 Å². The number of nitrogens with one attached hydrogen (secondary N) is 1. The van der Waals surface area contributed by atoms with Crippen LogP contribution < -0.4 is 5.32 Å². The Morgan fingerprint density at radius 3 is 2.80 bits per heavy atom. The summed E-state index contributed by atoms with van der Waals surface area (Å²) in [7, 11) is 4.03. The molecule has 1 N–H and O–H groups in total. The first-order valence-electron chi connectivity index (χ1n) is 6.83. The molecule has 0 radical (unpaired) electrons.